The molecule has 0 aliphatic carbocycles. The molecule has 0 atom stereocenters. The SMILES string of the molecule is COCCCNC(=O)C(=O)N/N=C\c1cccc(OCc2ccc(F)cc2)c1. The molecule has 8 heteroatoms. The van der Waals surface area contributed by atoms with E-state index in [-0.39, 0.29) is 5.82 Å². The predicted molar refractivity (Wildman–Crippen MR) is 102 cm³/mol. The van der Waals surface area contributed by atoms with Gasteiger partial charge in [-0.1, -0.05) is 24.3 Å². The molecule has 0 fully saturated rings. The van der Waals surface area contributed by atoms with Gasteiger partial charge in [0.05, 0.1) is 6.21 Å². The van der Waals surface area contributed by atoms with Gasteiger partial charge in [-0.05, 0) is 41.8 Å². The van der Waals surface area contributed by atoms with Crippen LogP contribution in [0, 0.1) is 5.82 Å². The molecular formula is C20H22FN3O4. The smallest absolute Gasteiger partial charge is 0.329 e. The number of ether oxygens (including phenoxy) is 2. The summed E-state index contributed by atoms with van der Waals surface area (Å²) < 4.78 is 23.4. The maximum atomic E-state index is 12.9. The van der Waals surface area contributed by atoms with Crippen LogP contribution in [0.2, 0.25) is 0 Å². The van der Waals surface area contributed by atoms with E-state index in [1.165, 1.54) is 18.3 Å². The van der Waals surface area contributed by atoms with Crippen molar-refractivity contribution in [1.29, 1.82) is 0 Å². The Morgan fingerprint density at radius 2 is 1.93 bits per heavy atom. The lowest BCUT2D eigenvalue weighted by Gasteiger charge is -2.07. The van der Waals surface area contributed by atoms with E-state index in [0.717, 1.165) is 5.56 Å². The lowest BCUT2D eigenvalue weighted by Crippen LogP contribution is -2.38. The number of hydrazone groups is 1. The number of hydrogen-bond donors (Lipinski definition) is 2. The first-order valence-electron chi connectivity index (χ1n) is 8.66. The number of nitrogens with zero attached hydrogens (tertiary/aromatic N) is 1. The molecule has 0 saturated carbocycles. The van der Waals surface area contributed by atoms with Gasteiger partial charge in [-0.2, -0.15) is 5.10 Å². The molecule has 2 rings (SSSR count). The Hall–Kier alpha value is -3.26. The zero-order valence-corrected chi connectivity index (χ0v) is 15.5. The Labute approximate surface area is 162 Å². The number of hydrogen-bond acceptors (Lipinski definition) is 5. The molecule has 0 unspecified atom stereocenters. The summed E-state index contributed by atoms with van der Waals surface area (Å²) in [4.78, 5) is 23.2. The average molecular weight is 387 g/mol. The van der Waals surface area contributed by atoms with Crippen LogP contribution in [-0.4, -0.2) is 38.3 Å². The summed E-state index contributed by atoms with van der Waals surface area (Å²) in [5, 5.41) is 6.23. The van der Waals surface area contributed by atoms with Crippen molar-refractivity contribution in [2.24, 2.45) is 5.10 Å². The van der Waals surface area contributed by atoms with Crippen LogP contribution in [-0.2, 0) is 20.9 Å². The minimum atomic E-state index is -0.850. The van der Waals surface area contributed by atoms with Gasteiger partial charge in [0.15, 0.2) is 0 Å². The van der Waals surface area contributed by atoms with Gasteiger partial charge in [-0.25, -0.2) is 9.82 Å². The van der Waals surface area contributed by atoms with Crippen LogP contribution < -0.4 is 15.5 Å². The molecule has 0 aromatic heterocycles. The third-order valence-electron chi connectivity index (χ3n) is 3.57. The molecule has 2 aromatic rings. The molecule has 0 aliphatic rings. The Morgan fingerprint density at radius 1 is 1.14 bits per heavy atom. The number of rotatable bonds is 9. The highest BCUT2D eigenvalue weighted by molar-refractivity contribution is 6.35. The molecule has 2 amide bonds. The first kappa shape index (κ1) is 21.0. The fraction of sp³-hybridized carbons (Fsp3) is 0.250. The lowest BCUT2D eigenvalue weighted by atomic mass is 10.2. The van der Waals surface area contributed by atoms with Crippen molar-refractivity contribution in [3.63, 3.8) is 0 Å². The average Bonchev–Trinajstić information content (AvgIpc) is 2.71. The van der Waals surface area contributed by atoms with Crippen molar-refractivity contribution in [2.75, 3.05) is 20.3 Å². The number of methoxy groups -OCH3 is 1. The van der Waals surface area contributed by atoms with E-state index in [4.69, 9.17) is 9.47 Å². The highest BCUT2D eigenvalue weighted by atomic mass is 19.1. The minimum Gasteiger partial charge on any atom is -0.489 e. The normalized spacial score (nSPS) is 10.6. The zero-order valence-electron chi connectivity index (χ0n) is 15.5. The van der Waals surface area contributed by atoms with E-state index < -0.39 is 11.8 Å². The van der Waals surface area contributed by atoms with Gasteiger partial charge in [0.1, 0.15) is 18.2 Å². The molecule has 28 heavy (non-hydrogen) atoms. The van der Waals surface area contributed by atoms with Gasteiger partial charge in [-0.3, -0.25) is 9.59 Å². The largest absolute Gasteiger partial charge is 0.489 e. The molecule has 2 N–H and O–H groups in total. The van der Waals surface area contributed by atoms with E-state index in [2.05, 4.69) is 15.8 Å². The van der Waals surface area contributed by atoms with E-state index >= 15 is 0 Å². The monoisotopic (exact) mass is 387 g/mol. The third-order valence-corrected chi connectivity index (χ3v) is 3.57. The van der Waals surface area contributed by atoms with Crippen LogP contribution in [0.1, 0.15) is 17.5 Å². The molecule has 0 bridgehead atoms. The highest BCUT2D eigenvalue weighted by Gasteiger charge is 2.11. The summed E-state index contributed by atoms with van der Waals surface area (Å²) in [5.41, 5.74) is 3.68. The Kier molecular flexibility index (Phi) is 8.61. The second-order valence-corrected chi connectivity index (χ2v) is 5.79. The number of benzene rings is 2. The van der Waals surface area contributed by atoms with E-state index in [0.29, 0.717) is 37.5 Å². The maximum absolute atomic E-state index is 12.9. The second-order valence-electron chi connectivity index (χ2n) is 5.79. The van der Waals surface area contributed by atoms with E-state index in [9.17, 15) is 14.0 Å². The summed E-state index contributed by atoms with van der Waals surface area (Å²) in [5.74, 6) is -1.31. The molecule has 2 aromatic carbocycles. The summed E-state index contributed by atoms with van der Waals surface area (Å²) in [6.45, 7) is 1.14. The molecule has 7 nitrogen and oxygen atoms in total. The molecular weight excluding hydrogens is 365 g/mol. The minimum absolute atomic E-state index is 0.293. The number of amides is 2. The predicted octanol–water partition coefficient (Wildman–Crippen LogP) is 2.01. The van der Waals surface area contributed by atoms with Crippen LogP contribution in [0.3, 0.4) is 0 Å². The van der Waals surface area contributed by atoms with Crippen molar-refractivity contribution in [3.05, 3.63) is 65.5 Å². The molecule has 0 radical (unpaired) electrons. The van der Waals surface area contributed by atoms with E-state index in [1.807, 2.05) is 0 Å². The van der Waals surface area contributed by atoms with Gasteiger partial charge in [0.25, 0.3) is 0 Å². The van der Waals surface area contributed by atoms with Crippen molar-refractivity contribution < 1.29 is 23.5 Å². The molecule has 0 heterocycles. The molecule has 0 saturated heterocycles. The van der Waals surface area contributed by atoms with Crippen LogP contribution >= 0.6 is 0 Å². The molecule has 148 valence electrons. The van der Waals surface area contributed by atoms with Gasteiger partial charge in [-0.15, -0.1) is 0 Å². The Balaban J connectivity index is 1.80. The maximum Gasteiger partial charge on any atom is 0.329 e. The topological polar surface area (TPSA) is 89.0 Å². The van der Waals surface area contributed by atoms with Gasteiger partial charge < -0.3 is 14.8 Å². The Bertz CT molecular complexity index is 809. The fourth-order valence-electron chi connectivity index (χ4n) is 2.15. The van der Waals surface area contributed by atoms with Gasteiger partial charge >= 0.3 is 11.8 Å². The van der Waals surface area contributed by atoms with E-state index in [1.54, 1.807) is 43.5 Å². The van der Waals surface area contributed by atoms with Crippen LogP contribution in [0.25, 0.3) is 0 Å². The second kappa shape index (κ2) is 11.5. The number of nitrogens with one attached hydrogen (secondary N) is 2. The van der Waals surface area contributed by atoms with Crippen LogP contribution in [0.15, 0.2) is 53.6 Å². The Morgan fingerprint density at radius 3 is 2.68 bits per heavy atom. The number of carbonyl (C=O) groups is 2. The lowest BCUT2D eigenvalue weighted by molar-refractivity contribution is -0.139. The quantitative estimate of drug-likeness (QED) is 0.298. The van der Waals surface area contributed by atoms with Crippen molar-refractivity contribution in [3.8, 4) is 5.75 Å². The van der Waals surface area contributed by atoms with Crippen molar-refractivity contribution in [1.82, 2.24) is 10.7 Å². The number of halogens is 1. The highest BCUT2D eigenvalue weighted by Crippen LogP contribution is 2.14. The van der Waals surface area contributed by atoms with Crippen LogP contribution in [0.4, 0.5) is 4.39 Å². The van der Waals surface area contributed by atoms with Crippen molar-refractivity contribution in [2.45, 2.75) is 13.0 Å². The summed E-state index contributed by atoms with van der Waals surface area (Å²) in [6.07, 6.45) is 2.02. The summed E-state index contributed by atoms with van der Waals surface area (Å²) in [7, 11) is 1.56. The van der Waals surface area contributed by atoms with Gasteiger partial charge in [0.2, 0.25) is 0 Å². The molecule has 0 spiro atoms. The first-order valence-corrected chi connectivity index (χ1v) is 8.66. The third kappa shape index (κ3) is 7.55. The van der Waals surface area contributed by atoms with Crippen molar-refractivity contribution >= 4 is 18.0 Å². The number of carbonyl (C=O) groups excluding carboxylic acids is 2. The first-order chi connectivity index (χ1) is 13.6. The summed E-state index contributed by atoms with van der Waals surface area (Å²) >= 11 is 0. The fourth-order valence-corrected chi connectivity index (χ4v) is 2.15. The standard InChI is InChI=1S/C20H22FN3O4/c1-27-11-3-10-22-19(25)20(26)24-23-13-16-4-2-5-18(12-16)28-14-15-6-8-17(21)9-7-15/h2,4-9,12-13H,3,10-11,14H2,1H3,(H,22,25)(H,24,26)/b23-13-. The zero-order chi connectivity index (χ0) is 20.2. The summed E-state index contributed by atoms with van der Waals surface area (Å²) in [6, 6.07) is 13.1. The van der Waals surface area contributed by atoms with Crippen LogP contribution in [0.5, 0.6) is 5.75 Å². The van der Waals surface area contributed by atoms with Gasteiger partial charge in [0, 0.05) is 20.3 Å². The molecule has 0 aliphatic heterocycles.